The highest BCUT2D eigenvalue weighted by Crippen LogP contribution is 2.56. The predicted molar refractivity (Wildman–Crippen MR) is 322 cm³/mol. The zero-order chi connectivity index (χ0) is 55.1. The lowest BCUT2D eigenvalue weighted by Gasteiger charge is -2.35. The van der Waals surface area contributed by atoms with Gasteiger partial charge in [0.25, 0.3) is 0 Å². The highest BCUT2D eigenvalue weighted by molar-refractivity contribution is 7.64. The summed E-state index contributed by atoms with van der Waals surface area (Å²) in [6.07, 6.45) is 0. The van der Waals surface area contributed by atoms with E-state index >= 15 is 0 Å². The Balaban J connectivity index is 1.59. The maximum absolute atomic E-state index is 7.78. The Morgan fingerprint density at radius 3 is 0.838 bits per heavy atom. The van der Waals surface area contributed by atoms with Gasteiger partial charge in [-0.05, 0) is 113 Å². The van der Waals surface area contributed by atoms with Crippen molar-refractivity contribution in [2.45, 2.75) is 209 Å². The number of hydrogen-bond donors (Lipinski definition) is 0. The van der Waals surface area contributed by atoms with Crippen LogP contribution in [0.15, 0.2) is 109 Å². The third kappa shape index (κ3) is 12.3. The largest absolute Gasteiger partial charge is 0.435 e. The van der Waals surface area contributed by atoms with Crippen molar-refractivity contribution in [3.63, 3.8) is 0 Å². The van der Waals surface area contributed by atoms with Crippen molar-refractivity contribution in [3.05, 3.63) is 154 Å². The Hall–Kier alpha value is -4.62. The fourth-order valence-corrected chi connectivity index (χ4v) is 13.0. The van der Waals surface area contributed by atoms with Gasteiger partial charge in [-0.3, -0.25) is 0 Å². The average molecular weight is 1030 g/mol. The van der Waals surface area contributed by atoms with Gasteiger partial charge in [-0.2, -0.15) is 0 Å². The third-order valence-electron chi connectivity index (χ3n) is 14.4. The zero-order valence-electron chi connectivity index (χ0n) is 49.9. The highest BCUT2D eigenvalue weighted by atomic mass is 31.2. The average Bonchev–Trinajstić information content (AvgIpc) is 3.24. The van der Waals surface area contributed by atoms with Gasteiger partial charge in [-0.15, -0.1) is 0 Å². The summed E-state index contributed by atoms with van der Waals surface area (Å²) in [5.74, 6) is 3.23. The monoisotopic (exact) mass is 1030 g/mol. The number of rotatable bonds is 10. The normalized spacial score (nSPS) is 13.6. The molecule has 6 heteroatoms. The molecular weight excluding hydrogens is 943 g/mol. The molecule has 0 heterocycles. The zero-order valence-corrected chi connectivity index (χ0v) is 51.7. The molecule has 0 amide bonds. The topological polar surface area (TPSA) is 36.9 Å². The number of hydrogen-bond acceptors (Lipinski definition) is 4. The van der Waals surface area contributed by atoms with E-state index in [1.807, 2.05) is 0 Å². The van der Waals surface area contributed by atoms with Gasteiger partial charge < -0.3 is 18.1 Å². The molecule has 0 spiro atoms. The lowest BCUT2D eigenvalue weighted by Crippen LogP contribution is -2.33. The summed E-state index contributed by atoms with van der Waals surface area (Å²) >= 11 is 0. The maximum Gasteiger partial charge on any atom is 0.327 e. The maximum atomic E-state index is 7.78. The van der Waals surface area contributed by atoms with E-state index in [-0.39, 0.29) is 43.3 Å². The van der Waals surface area contributed by atoms with Crippen LogP contribution in [0.2, 0.25) is 0 Å². The van der Waals surface area contributed by atoms with E-state index in [9.17, 15) is 0 Å². The lowest BCUT2D eigenvalue weighted by atomic mass is 9.80. The molecule has 1 aliphatic rings. The van der Waals surface area contributed by atoms with Gasteiger partial charge in [-0.25, -0.2) is 0 Å². The van der Waals surface area contributed by atoms with Gasteiger partial charge >= 0.3 is 16.8 Å². The van der Waals surface area contributed by atoms with Crippen molar-refractivity contribution in [2.24, 2.45) is 0 Å². The molecule has 0 saturated carbocycles. The highest BCUT2D eigenvalue weighted by Gasteiger charge is 2.41. The molecule has 0 N–H and O–H groups in total. The summed E-state index contributed by atoms with van der Waals surface area (Å²) in [6, 6.07) is 40.3. The van der Waals surface area contributed by atoms with E-state index in [1.165, 1.54) is 38.9 Å². The molecule has 396 valence electrons. The van der Waals surface area contributed by atoms with E-state index in [4.69, 9.17) is 18.1 Å². The summed E-state index contributed by atoms with van der Waals surface area (Å²) in [5, 5.41) is 1.89. The fourth-order valence-electron chi connectivity index (χ4n) is 9.52. The second-order valence-corrected chi connectivity index (χ2v) is 31.8. The third-order valence-corrected chi connectivity index (χ3v) is 17.6. The Morgan fingerprint density at radius 1 is 0.270 bits per heavy atom. The summed E-state index contributed by atoms with van der Waals surface area (Å²) in [5.41, 5.74) is 13.0. The summed E-state index contributed by atoms with van der Waals surface area (Å²) in [6.45, 7) is 54.6. The molecule has 6 aromatic carbocycles. The Labute approximate surface area is 451 Å². The molecule has 0 aromatic heterocycles. The summed E-state index contributed by atoms with van der Waals surface area (Å²) in [4.78, 5) is 0. The number of benzene rings is 6. The molecule has 74 heavy (non-hydrogen) atoms. The minimum atomic E-state index is -1.97. The quantitative estimate of drug-likeness (QED) is 0.128. The van der Waals surface area contributed by atoms with E-state index in [0.29, 0.717) is 0 Å². The van der Waals surface area contributed by atoms with E-state index in [0.717, 1.165) is 61.4 Å². The summed E-state index contributed by atoms with van der Waals surface area (Å²) < 4.78 is 30.9. The van der Waals surface area contributed by atoms with Crippen LogP contribution in [0.3, 0.4) is 0 Å². The Morgan fingerprint density at radius 2 is 0.554 bits per heavy atom. The van der Waals surface area contributed by atoms with Crippen molar-refractivity contribution in [1.29, 1.82) is 0 Å². The standard InChI is InChI=1S/C68H90O4P2/c1-61(2,3)43-29-34-54(50(39-43)65(13,14)15)69-73(70-55-35-30-44(62(4,5)6)40-51(55)66(16,17)18)58-38-33-49-47-27-25-26-28-48(47)59(49)60(58)74(71-56-36-31-45(63(7,8)9)41-52(56)67(19,20)21)72-57-37-32-46(64(10,11)12)42-53(57)68(22,23)24/h25-42H,1-24H3. The summed E-state index contributed by atoms with van der Waals surface area (Å²) in [7, 11) is -3.91. The first kappa shape index (κ1) is 57.1. The van der Waals surface area contributed by atoms with E-state index in [2.05, 4.69) is 275 Å². The first-order valence-corrected chi connectivity index (χ1v) is 29.3. The second kappa shape index (κ2) is 19.7. The van der Waals surface area contributed by atoms with Crippen LogP contribution >= 0.6 is 16.8 Å². The first-order chi connectivity index (χ1) is 33.7. The number of fused-ring (bicyclic) bond motifs is 4. The molecule has 0 saturated heterocycles. The Bertz CT molecular complexity index is 2870. The first-order valence-electron chi connectivity index (χ1n) is 26.9. The van der Waals surface area contributed by atoms with Crippen LogP contribution in [-0.4, -0.2) is 0 Å². The van der Waals surface area contributed by atoms with Crippen molar-refractivity contribution in [1.82, 2.24) is 0 Å². The molecule has 0 aliphatic heterocycles. The molecule has 0 bridgehead atoms. The van der Waals surface area contributed by atoms with Crippen LogP contribution in [0.5, 0.6) is 23.0 Å². The Kier molecular flexibility index (Phi) is 15.2. The van der Waals surface area contributed by atoms with Crippen LogP contribution in [0, 0.1) is 0 Å². The van der Waals surface area contributed by atoms with Gasteiger partial charge in [0.05, 0.1) is 10.6 Å². The molecule has 0 fully saturated rings. The van der Waals surface area contributed by atoms with Gasteiger partial charge in [0.2, 0.25) is 0 Å². The van der Waals surface area contributed by atoms with Crippen LogP contribution < -0.4 is 28.7 Å². The van der Waals surface area contributed by atoms with Crippen molar-refractivity contribution in [2.75, 3.05) is 0 Å². The smallest absolute Gasteiger partial charge is 0.327 e. The molecule has 4 nitrogen and oxygen atoms in total. The van der Waals surface area contributed by atoms with Gasteiger partial charge in [0.15, 0.2) is 0 Å². The molecule has 0 unspecified atom stereocenters. The fraction of sp³-hybridized carbons (Fsp3) is 0.471. The predicted octanol–water partition coefficient (Wildman–Crippen LogP) is 19.9. The molecule has 7 rings (SSSR count). The molecule has 6 aromatic rings. The van der Waals surface area contributed by atoms with Crippen molar-refractivity contribution in [3.8, 4) is 45.3 Å². The molecule has 0 atom stereocenters. The molecule has 1 aliphatic carbocycles. The van der Waals surface area contributed by atoms with Crippen molar-refractivity contribution < 1.29 is 18.1 Å². The SMILES string of the molecule is CC(C)(C)c1ccc(OP(Oc2ccc(C(C)(C)C)cc2C(C)(C)C)c2ccc3c(c2P(Oc2ccc(C(C)(C)C)cc2C(C)(C)C)Oc2ccc(C(C)(C)C)cc2C(C)(C)C)-c2ccccc2-3)c(C(C)(C)C)c1. The van der Waals surface area contributed by atoms with Gasteiger partial charge in [0.1, 0.15) is 23.0 Å². The van der Waals surface area contributed by atoms with Gasteiger partial charge in [-0.1, -0.05) is 245 Å². The minimum absolute atomic E-state index is 0.0586. The van der Waals surface area contributed by atoms with E-state index in [1.54, 1.807) is 0 Å². The van der Waals surface area contributed by atoms with Gasteiger partial charge in [0, 0.05) is 27.8 Å². The van der Waals surface area contributed by atoms with Crippen LogP contribution in [0.1, 0.15) is 211 Å². The van der Waals surface area contributed by atoms with Crippen LogP contribution in [0.4, 0.5) is 0 Å². The minimum Gasteiger partial charge on any atom is -0.435 e. The van der Waals surface area contributed by atoms with Crippen molar-refractivity contribution >= 4 is 27.4 Å². The second-order valence-electron chi connectivity index (χ2n) is 29.1. The molecule has 0 radical (unpaired) electrons. The lowest BCUT2D eigenvalue weighted by molar-refractivity contribution is 0.462. The van der Waals surface area contributed by atoms with E-state index < -0.39 is 16.8 Å². The molecular formula is C68H90O4P2. The van der Waals surface area contributed by atoms with Crippen LogP contribution in [-0.2, 0) is 43.3 Å². The van der Waals surface area contributed by atoms with Crippen LogP contribution in [0.25, 0.3) is 22.3 Å².